The molecule has 0 saturated heterocycles. The van der Waals surface area contributed by atoms with Gasteiger partial charge in [0.05, 0.1) is 19.1 Å². The molecule has 0 radical (unpaired) electrons. The molecule has 0 heterocycles. The lowest BCUT2D eigenvalue weighted by atomic mass is 10.1. The van der Waals surface area contributed by atoms with Gasteiger partial charge in [0.15, 0.2) is 5.96 Å². The van der Waals surface area contributed by atoms with E-state index in [1.165, 1.54) is 11.0 Å². The molecule has 1 unspecified atom stereocenters. The Bertz CT molecular complexity index is 796. The molecule has 2 N–H and O–H groups in total. The zero-order valence-electron chi connectivity index (χ0n) is 16.7. The van der Waals surface area contributed by atoms with Gasteiger partial charge < -0.3 is 15.5 Å². The first-order valence-corrected chi connectivity index (χ1v) is 8.92. The van der Waals surface area contributed by atoms with Crippen molar-refractivity contribution >= 4 is 35.8 Å². The van der Waals surface area contributed by atoms with Crippen LogP contribution in [0.25, 0.3) is 0 Å². The number of aryl methyl sites for hydroxylation is 1. The number of aliphatic imine (C=N–C) groups is 1. The number of halogens is 2. The van der Waals surface area contributed by atoms with Crippen molar-refractivity contribution in [2.45, 2.75) is 26.4 Å². The Labute approximate surface area is 183 Å². The summed E-state index contributed by atoms with van der Waals surface area (Å²) in [5.41, 5.74) is 2.48. The second-order valence-electron chi connectivity index (χ2n) is 6.67. The number of rotatable bonds is 6. The standard InChI is InChI=1S/C21H27FN4O.HI/c1-15-10-11-17(12-19(15)22)13-23-21(24-14-20(27)26(3)4)25-16(2)18-8-6-5-7-9-18;/h5-12,16H,13-14H2,1-4H3,(H2,23,24,25);1H. The third-order valence-corrected chi connectivity index (χ3v) is 4.21. The van der Waals surface area contributed by atoms with E-state index in [-0.39, 0.29) is 48.3 Å². The van der Waals surface area contributed by atoms with Gasteiger partial charge in [-0.05, 0) is 36.6 Å². The molecule has 1 amide bonds. The molecule has 0 aromatic heterocycles. The monoisotopic (exact) mass is 498 g/mol. The van der Waals surface area contributed by atoms with E-state index in [2.05, 4.69) is 15.6 Å². The molecular formula is C21H28FIN4O. The van der Waals surface area contributed by atoms with Crippen LogP contribution in [-0.4, -0.2) is 37.4 Å². The van der Waals surface area contributed by atoms with Crippen LogP contribution in [0.2, 0.25) is 0 Å². The maximum absolute atomic E-state index is 13.7. The van der Waals surface area contributed by atoms with Crippen LogP contribution in [0.3, 0.4) is 0 Å². The van der Waals surface area contributed by atoms with E-state index >= 15 is 0 Å². The lowest BCUT2D eigenvalue weighted by Gasteiger charge is -2.19. The normalized spacial score (nSPS) is 12.0. The third kappa shape index (κ3) is 7.46. The maximum Gasteiger partial charge on any atom is 0.241 e. The summed E-state index contributed by atoms with van der Waals surface area (Å²) in [5, 5.41) is 6.35. The quantitative estimate of drug-likeness (QED) is 0.364. The number of carbonyl (C=O) groups excluding carboxylic acids is 1. The number of guanidine groups is 1. The fraction of sp³-hybridized carbons (Fsp3) is 0.333. The Morgan fingerprint density at radius 3 is 2.46 bits per heavy atom. The van der Waals surface area contributed by atoms with Crippen molar-refractivity contribution < 1.29 is 9.18 Å². The van der Waals surface area contributed by atoms with E-state index in [4.69, 9.17) is 0 Å². The van der Waals surface area contributed by atoms with Crippen LogP contribution in [0.5, 0.6) is 0 Å². The molecule has 0 aliphatic carbocycles. The highest BCUT2D eigenvalue weighted by Gasteiger charge is 2.10. The third-order valence-electron chi connectivity index (χ3n) is 4.21. The fourth-order valence-electron chi connectivity index (χ4n) is 2.41. The van der Waals surface area contributed by atoms with Gasteiger partial charge in [-0.25, -0.2) is 9.38 Å². The highest BCUT2D eigenvalue weighted by Crippen LogP contribution is 2.12. The van der Waals surface area contributed by atoms with Crippen molar-refractivity contribution in [1.82, 2.24) is 15.5 Å². The lowest BCUT2D eigenvalue weighted by Crippen LogP contribution is -2.43. The molecule has 0 bridgehead atoms. The van der Waals surface area contributed by atoms with E-state index in [0.717, 1.165) is 11.1 Å². The van der Waals surface area contributed by atoms with Crippen LogP contribution in [0, 0.1) is 12.7 Å². The van der Waals surface area contributed by atoms with Gasteiger partial charge in [-0.2, -0.15) is 0 Å². The van der Waals surface area contributed by atoms with Gasteiger partial charge in [0.25, 0.3) is 0 Å². The van der Waals surface area contributed by atoms with Gasteiger partial charge in [0, 0.05) is 14.1 Å². The van der Waals surface area contributed by atoms with Crippen LogP contribution in [0.4, 0.5) is 4.39 Å². The number of benzene rings is 2. The SMILES string of the molecule is Cc1ccc(CN=C(NCC(=O)N(C)C)NC(C)c2ccccc2)cc1F.I. The molecule has 0 saturated carbocycles. The van der Waals surface area contributed by atoms with Crippen molar-refractivity contribution in [3.8, 4) is 0 Å². The first kappa shape index (κ1) is 23.9. The molecule has 7 heteroatoms. The number of likely N-dealkylation sites (N-methyl/N-ethyl adjacent to an activating group) is 1. The van der Waals surface area contributed by atoms with Crippen LogP contribution >= 0.6 is 24.0 Å². The van der Waals surface area contributed by atoms with Crippen LogP contribution in [0.1, 0.15) is 29.7 Å². The second-order valence-corrected chi connectivity index (χ2v) is 6.67. The highest BCUT2D eigenvalue weighted by molar-refractivity contribution is 14.0. The molecular weight excluding hydrogens is 470 g/mol. The zero-order chi connectivity index (χ0) is 19.8. The number of nitrogens with zero attached hydrogens (tertiary/aromatic N) is 2. The summed E-state index contributed by atoms with van der Waals surface area (Å²) in [6, 6.07) is 15.0. The Kier molecular flexibility index (Phi) is 9.92. The summed E-state index contributed by atoms with van der Waals surface area (Å²) in [4.78, 5) is 17.9. The van der Waals surface area contributed by atoms with E-state index in [9.17, 15) is 9.18 Å². The van der Waals surface area contributed by atoms with Gasteiger partial charge >= 0.3 is 0 Å². The molecule has 0 aliphatic heterocycles. The van der Waals surface area contributed by atoms with Crippen molar-refractivity contribution in [2.24, 2.45) is 4.99 Å². The van der Waals surface area contributed by atoms with Crippen molar-refractivity contribution in [1.29, 1.82) is 0 Å². The molecule has 0 spiro atoms. The molecule has 1 atom stereocenters. The van der Waals surface area contributed by atoms with E-state index < -0.39 is 0 Å². The van der Waals surface area contributed by atoms with E-state index in [1.54, 1.807) is 27.1 Å². The maximum atomic E-state index is 13.7. The molecule has 152 valence electrons. The minimum atomic E-state index is -0.245. The minimum Gasteiger partial charge on any atom is -0.350 e. The Hall–Kier alpha value is -2.16. The molecule has 5 nitrogen and oxygen atoms in total. The van der Waals surface area contributed by atoms with Gasteiger partial charge in [-0.3, -0.25) is 4.79 Å². The Balaban J connectivity index is 0.00000392. The zero-order valence-corrected chi connectivity index (χ0v) is 19.0. The first-order chi connectivity index (χ1) is 12.9. The predicted octanol–water partition coefficient (Wildman–Crippen LogP) is 3.64. The van der Waals surface area contributed by atoms with Crippen molar-refractivity contribution in [3.63, 3.8) is 0 Å². The van der Waals surface area contributed by atoms with Gasteiger partial charge in [-0.15, -0.1) is 24.0 Å². The lowest BCUT2D eigenvalue weighted by molar-refractivity contribution is -0.127. The van der Waals surface area contributed by atoms with E-state index in [0.29, 0.717) is 18.1 Å². The molecule has 0 fully saturated rings. The van der Waals surface area contributed by atoms with E-state index in [1.807, 2.05) is 43.3 Å². The van der Waals surface area contributed by atoms with Crippen molar-refractivity contribution in [3.05, 3.63) is 71.0 Å². The molecule has 2 aromatic rings. The van der Waals surface area contributed by atoms with Crippen LogP contribution in [0.15, 0.2) is 53.5 Å². The molecule has 2 rings (SSSR count). The Morgan fingerprint density at radius 1 is 1.18 bits per heavy atom. The number of carbonyl (C=O) groups is 1. The number of amides is 1. The van der Waals surface area contributed by atoms with Crippen LogP contribution < -0.4 is 10.6 Å². The number of hydrogen-bond acceptors (Lipinski definition) is 2. The van der Waals surface area contributed by atoms with Crippen molar-refractivity contribution in [2.75, 3.05) is 20.6 Å². The fourth-order valence-corrected chi connectivity index (χ4v) is 2.41. The van der Waals surface area contributed by atoms with Gasteiger partial charge in [-0.1, -0.05) is 42.5 Å². The topological polar surface area (TPSA) is 56.7 Å². The second kappa shape index (κ2) is 11.6. The summed E-state index contributed by atoms with van der Waals surface area (Å²) in [6.45, 7) is 4.18. The molecule has 0 aliphatic rings. The number of hydrogen-bond donors (Lipinski definition) is 2. The summed E-state index contributed by atoms with van der Waals surface area (Å²) in [7, 11) is 3.41. The molecule has 28 heavy (non-hydrogen) atoms. The minimum absolute atomic E-state index is 0. The molecule has 2 aromatic carbocycles. The predicted molar refractivity (Wildman–Crippen MR) is 122 cm³/mol. The average Bonchev–Trinajstić information content (AvgIpc) is 2.66. The first-order valence-electron chi connectivity index (χ1n) is 8.92. The van der Waals surface area contributed by atoms with Crippen LogP contribution in [-0.2, 0) is 11.3 Å². The summed E-state index contributed by atoms with van der Waals surface area (Å²) in [5.74, 6) is 0.200. The van der Waals surface area contributed by atoms with Gasteiger partial charge in [0.1, 0.15) is 5.82 Å². The summed E-state index contributed by atoms with van der Waals surface area (Å²) >= 11 is 0. The number of nitrogens with one attached hydrogen (secondary N) is 2. The smallest absolute Gasteiger partial charge is 0.241 e. The summed E-state index contributed by atoms with van der Waals surface area (Å²) < 4.78 is 13.7. The highest BCUT2D eigenvalue weighted by atomic mass is 127. The summed E-state index contributed by atoms with van der Waals surface area (Å²) in [6.07, 6.45) is 0. The Morgan fingerprint density at radius 2 is 1.86 bits per heavy atom. The van der Waals surface area contributed by atoms with Gasteiger partial charge in [0.2, 0.25) is 5.91 Å². The average molecular weight is 498 g/mol. The largest absolute Gasteiger partial charge is 0.350 e.